The van der Waals surface area contributed by atoms with E-state index >= 15 is 0 Å². The molecule has 0 bridgehead atoms. The number of aromatic nitrogens is 1. The standard InChI is InChI=1S/C15H25N3O/c1-11-12(2)19-15(17-11)10-18-8-5-13(6-9-18)14-4-3-7-16-14/h13-14,16H,3-10H2,1-2H3. The molecule has 0 amide bonds. The molecule has 4 nitrogen and oxygen atoms in total. The summed E-state index contributed by atoms with van der Waals surface area (Å²) in [6, 6.07) is 0.786. The minimum atomic E-state index is 0.786. The zero-order chi connectivity index (χ0) is 13.2. The molecule has 2 aliphatic rings. The second-order valence-electron chi connectivity index (χ2n) is 6.07. The Morgan fingerprint density at radius 3 is 2.63 bits per heavy atom. The lowest BCUT2D eigenvalue weighted by atomic mass is 9.88. The van der Waals surface area contributed by atoms with Gasteiger partial charge in [-0.25, -0.2) is 4.98 Å². The predicted octanol–water partition coefficient (Wildman–Crippen LogP) is 2.26. The van der Waals surface area contributed by atoms with Gasteiger partial charge in [-0.15, -0.1) is 0 Å². The van der Waals surface area contributed by atoms with Gasteiger partial charge in [0.15, 0.2) is 0 Å². The van der Waals surface area contributed by atoms with Crippen molar-refractivity contribution in [2.24, 2.45) is 5.92 Å². The van der Waals surface area contributed by atoms with E-state index in [9.17, 15) is 0 Å². The van der Waals surface area contributed by atoms with Crippen LogP contribution in [0, 0.1) is 19.8 Å². The molecular formula is C15H25N3O. The number of oxazole rings is 1. The summed E-state index contributed by atoms with van der Waals surface area (Å²) < 4.78 is 5.68. The topological polar surface area (TPSA) is 41.3 Å². The first-order valence-electron chi connectivity index (χ1n) is 7.61. The summed E-state index contributed by atoms with van der Waals surface area (Å²) in [5, 5.41) is 3.65. The monoisotopic (exact) mass is 263 g/mol. The Morgan fingerprint density at radius 2 is 2.05 bits per heavy atom. The maximum atomic E-state index is 5.68. The highest BCUT2D eigenvalue weighted by Gasteiger charge is 2.28. The van der Waals surface area contributed by atoms with Crippen molar-refractivity contribution in [3.63, 3.8) is 0 Å². The highest BCUT2D eigenvalue weighted by atomic mass is 16.4. The molecule has 3 heterocycles. The van der Waals surface area contributed by atoms with Crippen LogP contribution in [0.1, 0.15) is 43.0 Å². The van der Waals surface area contributed by atoms with Crippen LogP contribution in [-0.4, -0.2) is 35.6 Å². The summed E-state index contributed by atoms with van der Waals surface area (Å²) >= 11 is 0. The molecule has 4 heteroatoms. The lowest BCUT2D eigenvalue weighted by Crippen LogP contribution is -2.40. The van der Waals surface area contributed by atoms with Crippen LogP contribution in [0.5, 0.6) is 0 Å². The molecule has 2 saturated heterocycles. The van der Waals surface area contributed by atoms with E-state index in [1.54, 1.807) is 0 Å². The Bertz CT molecular complexity index is 396. The van der Waals surface area contributed by atoms with E-state index in [-0.39, 0.29) is 0 Å². The van der Waals surface area contributed by atoms with Crippen LogP contribution in [0.4, 0.5) is 0 Å². The van der Waals surface area contributed by atoms with E-state index in [0.717, 1.165) is 35.8 Å². The summed E-state index contributed by atoms with van der Waals surface area (Å²) in [5.74, 6) is 2.72. The molecule has 2 fully saturated rings. The van der Waals surface area contributed by atoms with E-state index in [1.807, 2.05) is 13.8 Å². The number of rotatable bonds is 3. The van der Waals surface area contributed by atoms with Crippen molar-refractivity contribution < 1.29 is 4.42 Å². The zero-order valence-electron chi connectivity index (χ0n) is 12.1. The van der Waals surface area contributed by atoms with E-state index in [4.69, 9.17) is 4.42 Å². The van der Waals surface area contributed by atoms with Crippen LogP contribution in [0.25, 0.3) is 0 Å². The average Bonchev–Trinajstić information content (AvgIpc) is 3.02. The molecule has 106 valence electrons. The van der Waals surface area contributed by atoms with Crippen molar-refractivity contribution in [2.75, 3.05) is 19.6 Å². The normalized spacial score (nSPS) is 26.1. The highest BCUT2D eigenvalue weighted by Crippen LogP contribution is 2.26. The number of piperidine rings is 1. The summed E-state index contributed by atoms with van der Waals surface area (Å²) in [5.41, 5.74) is 1.03. The van der Waals surface area contributed by atoms with Gasteiger partial charge < -0.3 is 9.73 Å². The fourth-order valence-corrected chi connectivity index (χ4v) is 3.43. The minimum Gasteiger partial charge on any atom is -0.444 e. The first kappa shape index (κ1) is 13.1. The molecule has 1 N–H and O–H groups in total. The van der Waals surface area contributed by atoms with Crippen molar-refractivity contribution in [2.45, 2.75) is 52.1 Å². The lowest BCUT2D eigenvalue weighted by molar-refractivity contribution is 0.146. The van der Waals surface area contributed by atoms with E-state index < -0.39 is 0 Å². The summed E-state index contributed by atoms with van der Waals surface area (Å²) in [7, 11) is 0. The first-order valence-corrected chi connectivity index (χ1v) is 7.61. The number of hydrogen-bond donors (Lipinski definition) is 1. The quantitative estimate of drug-likeness (QED) is 0.908. The van der Waals surface area contributed by atoms with Crippen molar-refractivity contribution in [1.82, 2.24) is 15.2 Å². The smallest absolute Gasteiger partial charge is 0.208 e. The van der Waals surface area contributed by atoms with Gasteiger partial charge in [0.25, 0.3) is 0 Å². The molecule has 19 heavy (non-hydrogen) atoms. The van der Waals surface area contributed by atoms with Gasteiger partial charge in [-0.1, -0.05) is 0 Å². The fraction of sp³-hybridized carbons (Fsp3) is 0.800. The summed E-state index contributed by atoms with van der Waals surface area (Å²) in [6.45, 7) is 8.47. The van der Waals surface area contributed by atoms with Gasteiger partial charge in [-0.3, -0.25) is 4.90 Å². The maximum Gasteiger partial charge on any atom is 0.208 e. The second kappa shape index (κ2) is 5.63. The van der Waals surface area contributed by atoms with Crippen LogP contribution in [-0.2, 0) is 6.54 Å². The van der Waals surface area contributed by atoms with Crippen molar-refractivity contribution >= 4 is 0 Å². The van der Waals surface area contributed by atoms with Crippen LogP contribution in [0.15, 0.2) is 4.42 Å². The third-order valence-corrected chi connectivity index (χ3v) is 4.73. The minimum absolute atomic E-state index is 0.786. The van der Waals surface area contributed by atoms with Gasteiger partial charge in [0, 0.05) is 6.04 Å². The van der Waals surface area contributed by atoms with Gasteiger partial charge in [0.05, 0.1) is 12.2 Å². The third kappa shape index (κ3) is 3.00. The molecule has 0 aromatic carbocycles. The van der Waals surface area contributed by atoms with Crippen LogP contribution >= 0.6 is 0 Å². The molecule has 2 aliphatic heterocycles. The largest absolute Gasteiger partial charge is 0.444 e. The third-order valence-electron chi connectivity index (χ3n) is 4.73. The van der Waals surface area contributed by atoms with Gasteiger partial charge in [-0.2, -0.15) is 0 Å². The van der Waals surface area contributed by atoms with Crippen molar-refractivity contribution in [3.8, 4) is 0 Å². The maximum absolute atomic E-state index is 5.68. The summed E-state index contributed by atoms with van der Waals surface area (Å²) in [6.07, 6.45) is 5.37. The molecular weight excluding hydrogens is 238 g/mol. The Morgan fingerprint density at radius 1 is 1.26 bits per heavy atom. The predicted molar refractivity (Wildman–Crippen MR) is 75.0 cm³/mol. The average molecular weight is 263 g/mol. The number of likely N-dealkylation sites (tertiary alicyclic amines) is 1. The van der Waals surface area contributed by atoms with Crippen LogP contribution < -0.4 is 5.32 Å². The molecule has 0 saturated carbocycles. The van der Waals surface area contributed by atoms with Crippen molar-refractivity contribution in [1.29, 1.82) is 0 Å². The number of nitrogens with zero attached hydrogens (tertiary/aromatic N) is 2. The fourth-order valence-electron chi connectivity index (χ4n) is 3.43. The molecule has 1 atom stereocenters. The SMILES string of the molecule is Cc1nc(CN2CCC(C3CCCN3)CC2)oc1C. The number of nitrogens with one attached hydrogen (secondary N) is 1. The summed E-state index contributed by atoms with van der Waals surface area (Å²) in [4.78, 5) is 6.96. The molecule has 3 rings (SSSR count). The van der Waals surface area contributed by atoms with Crippen LogP contribution in [0.2, 0.25) is 0 Å². The highest BCUT2D eigenvalue weighted by molar-refractivity contribution is 5.05. The Labute approximate surface area is 115 Å². The first-order chi connectivity index (χ1) is 9.22. The molecule has 1 aromatic heterocycles. The van der Waals surface area contributed by atoms with Gasteiger partial charge in [-0.05, 0) is 65.1 Å². The van der Waals surface area contributed by atoms with Gasteiger partial charge in [0.2, 0.25) is 5.89 Å². The Balaban J connectivity index is 1.49. The van der Waals surface area contributed by atoms with Crippen LogP contribution in [0.3, 0.4) is 0 Å². The number of aryl methyl sites for hydroxylation is 2. The molecule has 1 unspecified atom stereocenters. The molecule has 0 aliphatic carbocycles. The Kier molecular flexibility index (Phi) is 3.89. The lowest BCUT2D eigenvalue weighted by Gasteiger charge is -2.34. The van der Waals surface area contributed by atoms with Gasteiger partial charge in [0.1, 0.15) is 5.76 Å². The molecule has 0 radical (unpaired) electrons. The van der Waals surface area contributed by atoms with Gasteiger partial charge >= 0.3 is 0 Å². The molecule has 0 spiro atoms. The zero-order valence-corrected chi connectivity index (χ0v) is 12.1. The molecule has 1 aromatic rings. The van der Waals surface area contributed by atoms with E-state index in [1.165, 1.54) is 45.3 Å². The van der Waals surface area contributed by atoms with E-state index in [2.05, 4.69) is 15.2 Å². The second-order valence-corrected chi connectivity index (χ2v) is 6.07. The number of hydrogen-bond acceptors (Lipinski definition) is 4. The van der Waals surface area contributed by atoms with E-state index in [0.29, 0.717) is 0 Å². The Hall–Kier alpha value is -0.870. The van der Waals surface area contributed by atoms with Crippen molar-refractivity contribution in [3.05, 3.63) is 17.3 Å².